The molecule has 1 fully saturated rings. The molecule has 0 N–H and O–H groups in total. The maximum Gasteiger partial charge on any atom is 0.264 e. The number of benzene rings is 2. The van der Waals surface area contributed by atoms with Crippen LogP contribution in [-0.2, 0) is 11.3 Å². The summed E-state index contributed by atoms with van der Waals surface area (Å²) in [6.45, 7) is 5.85. The molecule has 0 atom stereocenters. The monoisotopic (exact) mass is 434 g/mol. The highest BCUT2D eigenvalue weighted by Gasteiger charge is 2.29. The van der Waals surface area contributed by atoms with Gasteiger partial charge in [-0.05, 0) is 54.8 Å². The molecule has 1 aliphatic heterocycles. The molecule has 1 aliphatic rings. The zero-order valence-electron chi connectivity index (χ0n) is 18.6. The van der Waals surface area contributed by atoms with Crippen LogP contribution in [0.3, 0.4) is 0 Å². The predicted octanol–water partition coefficient (Wildman–Crippen LogP) is 4.38. The average molecular weight is 435 g/mol. The highest BCUT2D eigenvalue weighted by atomic mass is 19.1. The van der Waals surface area contributed by atoms with Gasteiger partial charge in [-0.2, -0.15) is 0 Å². The van der Waals surface area contributed by atoms with E-state index in [0.29, 0.717) is 18.7 Å². The van der Waals surface area contributed by atoms with Crippen molar-refractivity contribution in [3.05, 3.63) is 83.2 Å². The predicted molar refractivity (Wildman–Crippen MR) is 122 cm³/mol. The summed E-state index contributed by atoms with van der Waals surface area (Å²) in [5.41, 5.74) is 4.34. The summed E-state index contributed by atoms with van der Waals surface area (Å²) in [6, 6.07) is 12.2. The molecule has 0 radical (unpaired) electrons. The fourth-order valence-corrected chi connectivity index (χ4v) is 3.92. The van der Waals surface area contributed by atoms with Gasteiger partial charge in [0.25, 0.3) is 5.91 Å². The third kappa shape index (κ3) is 4.57. The Morgan fingerprint density at radius 3 is 2.62 bits per heavy atom. The number of carbonyl (C=O) groups is 1. The first-order valence-electron chi connectivity index (χ1n) is 10.7. The number of imidazole rings is 1. The summed E-state index contributed by atoms with van der Waals surface area (Å²) in [4.78, 5) is 17.6. The number of ether oxygens (including phenoxy) is 1. The van der Waals surface area contributed by atoms with Crippen molar-refractivity contribution in [1.29, 1.82) is 0 Å². The van der Waals surface area contributed by atoms with Crippen LogP contribution in [0.5, 0.6) is 5.75 Å². The number of aryl methyl sites for hydroxylation is 1. The van der Waals surface area contributed by atoms with Crippen LogP contribution in [-0.4, -0.2) is 45.7 Å². The van der Waals surface area contributed by atoms with Gasteiger partial charge in [-0.15, -0.1) is 0 Å². The second-order valence-electron chi connectivity index (χ2n) is 7.81. The lowest BCUT2D eigenvalue weighted by molar-refractivity contribution is -0.150. The molecule has 1 saturated heterocycles. The molecule has 32 heavy (non-hydrogen) atoms. The van der Waals surface area contributed by atoms with Gasteiger partial charge in [0.15, 0.2) is 0 Å². The molecule has 1 amide bonds. The molecule has 0 unspecified atom stereocenters. The largest absolute Gasteiger partial charge is 0.495 e. The van der Waals surface area contributed by atoms with Crippen LogP contribution >= 0.6 is 0 Å². The van der Waals surface area contributed by atoms with Crippen molar-refractivity contribution in [2.75, 3.05) is 20.2 Å². The molecule has 166 valence electrons. The second-order valence-corrected chi connectivity index (χ2v) is 7.81. The molecule has 3 aromatic rings. The van der Waals surface area contributed by atoms with Gasteiger partial charge < -0.3 is 9.30 Å². The molecule has 2 heterocycles. The van der Waals surface area contributed by atoms with Crippen molar-refractivity contribution in [2.45, 2.75) is 26.8 Å². The van der Waals surface area contributed by atoms with Crippen LogP contribution in [0, 0.1) is 12.7 Å². The minimum atomic E-state index is -0.282. The molecule has 0 aliphatic carbocycles. The number of amides is 1. The smallest absolute Gasteiger partial charge is 0.264 e. The van der Waals surface area contributed by atoms with Gasteiger partial charge in [-0.25, -0.2) is 14.4 Å². The van der Waals surface area contributed by atoms with Crippen LogP contribution in [0.4, 0.5) is 4.39 Å². The number of hydrogen-bond acceptors (Lipinski definition) is 4. The Balaban J connectivity index is 1.60. The maximum absolute atomic E-state index is 13.3. The molecule has 4 rings (SSSR count). The van der Waals surface area contributed by atoms with Gasteiger partial charge in [0.2, 0.25) is 0 Å². The van der Waals surface area contributed by atoms with E-state index in [-0.39, 0.29) is 11.7 Å². The molecule has 1 aromatic heterocycles. The maximum atomic E-state index is 13.3. The molecule has 0 bridgehead atoms. The Kier molecular flexibility index (Phi) is 6.37. The zero-order chi connectivity index (χ0) is 22.7. The van der Waals surface area contributed by atoms with Crippen LogP contribution in [0.25, 0.3) is 11.8 Å². The highest BCUT2D eigenvalue weighted by Crippen LogP contribution is 2.28. The third-order valence-corrected chi connectivity index (χ3v) is 5.63. The molecule has 0 spiro atoms. The van der Waals surface area contributed by atoms with Gasteiger partial charge in [0.1, 0.15) is 11.6 Å². The van der Waals surface area contributed by atoms with Crippen LogP contribution in [0.2, 0.25) is 0 Å². The number of halogens is 1. The van der Waals surface area contributed by atoms with Crippen LogP contribution < -0.4 is 4.74 Å². The summed E-state index contributed by atoms with van der Waals surface area (Å²) in [6.07, 6.45) is 6.28. The van der Waals surface area contributed by atoms with E-state index < -0.39 is 0 Å². The number of rotatable bonds is 6. The Morgan fingerprint density at radius 1 is 1.19 bits per heavy atom. The van der Waals surface area contributed by atoms with Crippen molar-refractivity contribution < 1.29 is 13.9 Å². The summed E-state index contributed by atoms with van der Waals surface area (Å²) in [5.74, 6) is 0.393. The molecule has 7 heteroatoms. The van der Waals surface area contributed by atoms with Crippen molar-refractivity contribution in [2.24, 2.45) is 0 Å². The van der Waals surface area contributed by atoms with Gasteiger partial charge in [-0.1, -0.05) is 25.1 Å². The van der Waals surface area contributed by atoms with E-state index in [1.54, 1.807) is 30.6 Å². The molecule has 2 aromatic carbocycles. The summed E-state index contributed by atoms with van der Waals surface area (Å²) in [5, 5.41) is 3.79. The van der Waals surface area contributed by atoms with Gasteiger partial charge in [0, 0.05) is 24.9 Å². The van der Waals surface area contributed by atoms with Gasteiger partial charge >= 0.3 is 0 Å². The molecule has 0 saturated carbocycles. The summed E-state index contributed by atoms with van der Waals surface area (Å²) < 4.78 is 20.8. The number of hydrogen-bond donors (Lipinski definition) is 0. The average Bonchev–Trinajstić information content (AvgIpc) is 3.24. The first-order chi connectivity index (χ1) is 15.5. The lowest BCUT2D eigenvalue weighted by Crippen LogP contribution is -2.50. The normalized spacial score (nSPS) is 16.1. The zero-order valence-corrected chi connectivity index (χ0v) is 18.6. The summed E-state index contributed by atoms with van der Waals surface area (Å²) >= 11 is 0. The molecular weight excluding hydrogens is 407 g/mol. The van der Waals surface area contributed by atoms with E-state index in [0.717, 1.165) is 41.2 Å². The topological polar surface area (TPSA) is 50.6 Å². The van der Waals surface area contributed by atoms with E-state index in [2.05, 4.69) is 4.98 Å². The number of methoxy groups -OCH3 is 1. The fraction of sp³-hybridized carbons (Fsp3) is 0.280. The van der Waals surface area contributed by atoms with Gasteiger partial charge in [0.05, 0.1) is 31.4 Å². The summed E-state index contributed by atoms with van der Waals surface area (Å²) in [7, 11) is 1.63. The second kappa shape index (κ2) is 9.36. The van der Waals surface area contributed by atoms with E-state index in [4.69, 9.17) is 4.74 Å². The van der Waals surface area contributed by atoms with Gasteiger partial charge in [-0.3, -0.25) is 9.80 Å². The van der Waals surface area contributed by atoms with Crippen molar-refractivity contribution >= 4 is 12.0 Å². The Hall–Kier alpha value is -3.45. The molecular formula is C25H27FN4O2. The minimum Gasteiger partial charge on any atom is -0.495 e. The van der Waals surface area contributed by atoms with E-state index >= 15 is 0 Å². The number of nitrogens with zero attached hydrogens (tertiary/aromatic N) is 4. The highest BCUT2D eigenvalue weighted by molar-refractivity contribution is 5.98. The Bertz CT molecular complexity index is 1140. The van der Waals surface area contributed by atoms with Crippen molar-refractivity contribution in [3.63, 3.8) is 0 Å². The van der Waals surface area contributed by atoms with Crippen LogP contribution in [0.15, 0.2) is 60.6 Å². The lowest BCUT2D eigenvalue weighted by atomic mass is 10.0. The minimum absolute atomic E-state index is 0.0318. The molecule has 6 nitrogen and oxygen atoms in total. The van der Waals surface area contributed by atoms with E-state index in [1.807, 2.05) is 53.9 Å². The van der Waals surface area contributed by atoms with Crippen molar-refractivity contribution in [3.8, 4) is 11.4 Å². The third-order valence-electron chi connectivity index (χ3n) is 5.63. The quantitative estimate of drug-likeness (QED) is 0.541. The standard InChI is InChI=1S/C25H27FN4O2/c1-4-29-12-11-21(25(31)30(29)16-19-5-8-22(26)9-6-19)13-20-7-10-23(24(14-20)32-3)28-15-18(2)27-17-28/h5-10,13-15,17H,4,11-12,16H2,1-3H3. The SMILES string of the molecule is CCN1CCC(=Cc2ccc(-n3cnc(C)c3)c(OC)c2)C(=O)N1Cc1ccc(F)cc1. The first kappa shape index (κ1) is 21.8. The first-order valence-corrected chi connectivity index (χ1v) is 10.7. The Labute approximate surface area is 187 Å². The number of carbonyl (C=O) groups excluding carboxylic acids is 1. The van der Waals surface area contributed by atoms with E-state index in [1.165, 1.54) is 12.1 Å². The Morgan fingerprint density at radius 2 is 1.97 bits per heavy atom. The van der Waals surface area contributed by atoms with Crippen molar-refractivity contribution in [1.82, 2.24) is 19.6 Å². The van der Waals surface area contributed by atoms with Crippen LogP contribution in [0.1, 0.15) is 30.2 Å². The number of hydrazine groups is 1. The number of aromatic nitrogens is 2. The fourth-order valence-electron chi connectivity index (χ4n) is 3.92. The van der Waals surface area contributed by atoms with E-state index in [9.17, 15) is 9.18 Å². The lowest BCUT2D eigenvalue weighted by Gasteiger charge is -2.39.